The van der Waals surface area contributed by atoms with Crippen LogP contribution in [0.25, 0.3) is 16.8 Å². The normalized spacial score (nSPS) is 19.2. The lowest BCUT2D eigenvalue weighted by atomic mass is 9.74. The lowest BCUT2D eigenvalue weighted by Crippen LogP contribution is -2.44. The zero-order chi connectivity index (χ0) is 23.6. The molecule has 34 heavy (non-hydrogen) atoms. The number of rotatable bonds is 3. The molecule has 4 aromatic rings. The molecule has 2 aliphatic rings. The molecule has 0 unspecified atom stereocenters. The second-order valence-corrected chi connectivity index (χ2v) is 10.8. The molecule has 1 saturated heterocycles. The Balaban J connectivity index is 1.31. The molecule has 1 aliphatic heterocycles. The minimum atomic E-state index is 0.0218. The van der Waals surface area contributed by atoms with Crippen LogP contribution in [0.2, 0.25) is 5.02 Å². The number of nitrogens with two attached hydrogens (primary N) is 1. The van der Waals surface area contributed by atoms with Crippen molar-refractivity contribution in [2.45, 2.75) is 39.2 Å². The molecular weight excluding hydrogens is 468 g/mol. The number of hydrogen-bond acceptors (Lipinski definition) is 7. The Morgan fingerprint density at radius 2 is 1.97 bits per heavy atom. The highest BCUT2D eigenvalue weighted by Gasteiger charge is 2.48. The molecule has 2 N–H and O–H groups in total. The van der Waals surface area contributed by atoms with E-state index in [1.54, 1.807) is 24.6 Å². The van der Waals surface area contributed by atoms with E-state index >= 15 is 0 Å². The quantitative estimate of drug-likeness (QED) is 0.433. The maximum Gasteiger partial charge on any atom is 0.273 e. The van der Waals surface area contributed by atoms with Crippen molar-refractivity contribution in [3.8, 4) is 16.5 Å². The average molecular weight is 495 g/mol. The summed E-state index contributed by atoms with van der Waals surface area (Å²) in [6, 6.07) is 6.19. The van der Waals surface area contributed by atoms with Crippen LogP contribution < -0.4 is 15.4 Å². The summed E-state index contributed by atoms with van der Waals surface area (Å²) in [5, 5.41) is 1.38. The van der Waals surface area contributed by atoms with Gasteiger partial charge in [0.25, 0.3) is 5.19 Å². The van der Waals surface area contributed by atoms with E-state index in [2.05, 4.69) is 44.5 Å². The number of aryl methyl sites for hydroxylation is 2. The fourth-order valence-corrected chi connectivity index (χ4v) is 6.90. The van der Waals surface area contributed by atoms with Crippen LogP contribution in [0.3, 0.4) is 0 Å². The van der Waals surface area contributed by atoms with Crippen LogP contribution in [0, 0.1) is 19.3 Å². The Kier molecular flexibility index (Phi) is 5.09. The average Bonchev–Trinajstić information content (AvgIpc) is 3.53. The van der Waals surface area contributed by atoms with Crippen LogP contribution >= 0.6 is 22.9 Å². The number of hydrogen-bond donors (Lipinski definition) is 1. The van der Waals surface area contributed by atoms with Gasteiger partial charge >= 0.3 is 0 Å². The molecule has 1 spiro atoms. The summed E-state index contributed by atoms with van der Waals surface area (Å²) in [6.07, 6.45) is 6.86. The summed E-state index contributed by atoms with van der Waals surface area (Å²) in [6.45, 7) is 5.82. The number of halogens is 1. The Morgan fingerprint density at radius 3 is 2.71 bits per heavy atom. The molecule has 4 aromatic heterocycles. The van der Waals surface area contributed by atoms with Crippen LogP contribution in [0.4, 0.5) is 5.82 Å². The van der Waals surface area contributed by atoms with Crippen molar-refractivity contribution in [1.82, 2.24) is 19.4 Å². The molecule has 0 saturated carbocycles. The third-order valence-electron chi connectivity index (χ3n) is 7.56. The molecule has 176 valence electrons. The van der Waals surface area contributed by atoms with Gasteiger partial charge in [-0.3, -0.25) is 4.98 Å². The van der Waals surface area contributed by atoms with Crippen molar-refractivity contribution >= 4 is 34.3 Å². The second kappa shape index (κ2) is 7.93. The molecule has 7 nitrogen and oxygen atoms in total. The molecule has 0 amide bonds. The largest absolute Gasteiger partial charge is 0.473 e. The van der Waals surface area contributed by atoms with E-state index in [9.17, 15) is 0 Å². The number of nitrogens with zero attached hydrogens (tertiary/aromatic N) is 5. The van der Waals surface area contributed by atoms with Crippen molar-refractivity contribution < 1.29 is 4.74 Å². The Morgan fingerprint density at radius 1 is 1.18 bits per heavy atom. The number of methoxy groups -OCH3 is 1. The number of anilines is 1. The maximum atomic E-state index is 6.78. The van der Waals surface area contributed by atoms with Gasteiger partial charge in [-0.25, -0.2) is 9.97 Å². The Hall–Kier alpha value is -2.68. The number of fused-ring (bicyclic) bond motifs is 2. The minimum absolute atomic E-state index is 0.0218. The first kappa shape index (κ1) is 21.8. The van der Waals surface area contributed by atoms with Gasteiger partial charge in [0.2, 0.25) is 0 Å². The maximum absolute atomic E-state index is 6.78. The molecule has 1 aliphatic carbocycles. The molecule has 1 atom stereocenters. The Bertz CT molecular complexity index is 1400. The smallest absolute Gasteiger partial charge is 0.273 e. The lowest BCUT2D eigenvalue weighted by Gasteiger charge is -2.42. The summed E-state index contributed by atoms with van der Waals surface area (Å²) < 4.78 is 7.54. The zero-order valence-electron chi connectivity index (χ0n) is 19.5. The van der Waals surface area contributed by atoms with E-state index in [0.29, 0.717) is 10.2 Å². The van der Waals surface area contributed by atoms with E-state index in [0.717, 1.165) is 72.0 Å². The molecular formula is C25H27ClN6OS. The van der Waals surface area contributed by atoms with Gasteiger partial charge in [0, 0.05) is 42.0 Å². The standard InChI is InChI=1S/C25H27ClN6OS/c1-14-19(26)16(6-9-28-14)20-15(2)29-23(18-5-4-10-32(18)20)31-11-7-25(8-12-31)13-17-21(22(25)27)34-24(30-17)33-3/h4-6,9-10,22H,7-8,11-13,27H2,1-3H3/t22-/m1/s1. The SMILES string of the molecule is COc1nc2c(s1)[C@@H](N)C1(CCN(c3nc(C)c(-c4ccnc(C)c4Cl)n4cccc34)CC1)C2. The van der Waals surface area contributed by atoms with Gasteiger partial charge in [-0.2, -0.15) is 0 Å². The highest BCUT2D eigenvalue weighted by molar-refractivity contribution is 7.13. The molecule has 6 rings (SSSR count). The summed E-state index contributed by atoms with van der Waals surface area (Å²) >= 11 is 8.25. The van der Waals surface area contributed by atoms with Crippen LogP contribution in [0.15, 0.2) is 30.6 Å². The summed E-state index contributed by atoms with van der Waals surface area (Å²) in [5.74, 6) is 1.02. The van der Waals surface area contributed by atoms with E-state index in [1.807, 2.05) is 13.0 Å². The summed E-state index contributed by atoms with van der Waals surface area (Å²) in [7, 11) is 1.67. The molecule has 1 fully saturated rings. The van der Waals surface area contributed by atoms with Gasteiger partial charge in [0.15, 0.2) is 5.82 Å². The molecule has 0 radical (unpaired) electrons. The van der Waals surface area contributed by atoms with Gasteiger partial charge in [-0.15, -0.1) is 0 Å². The van der Waals surface area contributed by atoms with Gasteiger partial charge in [-0.05, 0) is 56.7 Å². The number of ether oxygens (including phenoxy) is 1. The van der Waals surface area contributed by atoms with Gasteiger partial charge in [0.1, 0.15) is 0 Å². The van der Waals surface area contributed by atoms with E-state index < -0.39 is 0 Å². The Labute approximate surface area is 207 Å². The van der Waals surface area contributed by atoms with Crippen LogP contribution in [0.5, 0.6) is 5.19 Å². The van der Waals surface area contributed by atoms with Gasteiger partial charge in [-0.1, -0.05) is 22.9 Å². The third-order valence-corrected chi connectivity index (χ3v) is 9.18. The molecule has 0 aromatic carbocycles. The minimum Gasteiger partial charge on any atom is -0.473 e. The van der Waals surface area contributed by atoms with Crippen molar-refractivity contribution in [3.63, 3.8) is 0 Å². The monoisotopic (exact) mass is 494 g/mol. The van der Waals surface area contributed by atoms with Crippen molar-refractivity contribution in [1.29, 1.82) is 0 Å². The van der Waals surface area contributed by atoms with Crippen LogP contribution in [-0.4, -0.2) is 39.6 Å². The highest BCUT2D eigenvalue weighted by atomic mass is 35.5. The first-order valence-corrected chi connectivity index (χ1v) is 12.7. The van der Waals surface area contributed by atoms with Gasteiger partial charge in [0.05, 0.1) is 40.4 Å². The number of thiazole rings is 1. The van der Waals surface area contributed by atoms with E-state index in [1.165, 1.54) is 4.88 Å². The van der Waals surface area contributed by atoms with Crippen molar-refractivity contribution in [3.05, 3.63) is 57.6 Å². The van der Waals surface area contributed by atoms with E-state index in [-0.39, 0.29) is 11.5 Å². The highest BCUT2D eigenvalue weighted by Crippen LogP contribution is 2.53. The van der Waals surface area contributed by atoms with Crippen LogP contribution in [0.1, 0.15) is 40.8 Å². The summed E-state index contributed by atoms with van der Waals surface area (Å²) in [5.41, 5.74) is 12.8. The molecule has 0 bridgehead atoms. The predicted octanol–water partition coefficient (Wildman–Crippen LogP) is 4.97. The predicted molar refractivity (Wildman–Crippen MR) is 136 cm³/mol. The van der Waals surface area contributed by atoms with E-state index in [4.69, 9.17) is 27.1 Å². The fourth-order valence-electron chi connectivity index (χ4n) is 5.66. The lowest BCUT2D eigenvalue weighted by molar-refractivity contribution is 0.187. The van der Waals surface area contributed by atoms with Crippen molar-refractivity contribution in [2.75, 3.05) is 25.1 Å². The third kappa shape index (κ3) is 3.16. The van der Waals surface area contributed by atoms with Crippen LogP contribution in [-0.2, 0) is 6.42 Å². The van der Waals surface area contributed by atoms with Crippen molar-refractivity contribution in [2.24, 2.45) is 11.1 Å². The first-order chi connectivity index (χ1) is 16.4. The molecule has 5 heterocycles. The first-order valence-electron chi connectivity index (χ1n) is 11.5. The zero-order valence-corrected chi connectivity index (χ0v) is 21.1. The number of pyridine rings is 1. The van der Waals surface area contributed by atoms with Gasteiger partial charge < -0.3 is 19.8 Å². The summed E-state index contributed by atoms with van der Waals surface area (Å²) in [4.78, 5) is 17.7. The molecule has 9 heteroatoms. The number of piperidine rings is 1. The number of aromatic nitrogens is 4. The second-order valence-electron chi connectivity index (χ2n) is 9.39. The fraction of sp³-hybridized carbons (Fsp3) is 0.400. The topological polar surface area (TPSA) is 81.6 Å².